The van der Waals surface area contributed by atoms with Crippen molar-refractivity contribution >= 4 is 34.1 Å². The van der Waals surface area contributed by atoms with Crippen LogP contribution in [-0.2, 0) is 4.74 Å². The Hall–Kier alpha value is -2.57. The third-order valence-electron chi connectivity index (χ3n) is 4.27. The van der Waals surface area contributed by atoms with Crippen LogP contribution < -0.4 is 16.2 Å². The summed E-state index contributed by atoms with van der Waals surface area (Å²) < 4.78 is 5.37. The van der Waals surface area contributed by atoms with Crippen molar-refractivity contribution in [3.8, 4) is 11.1 Å². The van der Waals surface area contributed by atoms with Crippen LogP contribution in [0.3, 0.4) is 0 Å². The first-order chi connectivity index (χ1) is 12.1. The summed E-state index contributed by atoms with van der Waals surface area (Å²) in [4.78, 5) is 22.2. The lowest BCUT2D eigenvalue weighted by molar-refractivity contribution is 0.122. The molecule has 0 unspecified atom stereocenters. The first-order valence-electron chi connectivity index (χ1n) is 8.04. The molecule has 0 bridgehead atoms. The standard InChI is InChI=1S/C18H17ClN4O2/c19-12-9-14(11-2-1-3-13(20)8-11)16-15(10-12)17(24)22-18(21-16)23-4-6-25-7-5-23/h1-3,8-10H,4-7,20H2,(H,21,22,24). The number of nitrogens with two attached hydrogens (primary N) is 1. The average molecular weight is 357 g/mol. The maximum Gasteiger partial charge on any atom is 0.260 e. The predicted molar refractivity (Wildman–Crippen MR) is 100 cm³/mol. The molecule has 1 aliphatic heterocycles. The molecule has 2 heterocycles. The van der Waals surface area contributed by atoms with Crippen molar-refractivity contribution in [2.24, 2.45) is 0 Å². The molecule has 0 amide bonds. The summed E-state index contributed by atoms with van der Waals surface area (Å²) in [5.41, 5.74) is 8.62. The molecule has 3 aromatic rings. The van der Waals surface area contributed by atoms with E-state index in [1.165, 1.54) is 0 Å². The van der Waals surface area contributed by atoms with Crippen LogP contribution in [-0.4, -0.2) is 36.3 Å². The highest BCUT2D eigenvalue weighted by Gasteiger charge is 2.17. The van der Waals surface area contributed by atoms with Crippen LogP contribution in [0.4, 0.5) is 11.6 Å². The smallest absolute Gasteiger partial charge is 0.260 e. The molecule has 4 rings (SSSR count). The SMILES string of the molecule is Nc1cccc(-c2cc(Cl)cc3c(=O)[nH]c(N4CCOCC4)nc23)c1. The number of hydrogen-bond acceptors (Lipinski definition) is 5. The molecule has 128 valence electrons. The Morgan fingerprint density at radius 2 is 2.00 bits per heavy atom. The number of halogens is 1. The fourth-order valence-electron chi connectivity index (χ4n) is 3.05. The predicted octanol–water partition coefficient (Wildman–Crippen LogP) is 2.66. The van der Waals surface area contributed by atoms with Gasteiger partial charge in [-0.3, -0.25) is 9.78 Å². The monoisotopic (exact) mass is 356 g/mol. The average Bonchev–Trinajstić information content (AvgIpc) is 2.62. The van der Waals surface area contributed by atoms with Gasteiger partial charge in [-0.1, -0.05) is 23.7 Å². The van der Waals surface area contributed by atoms with Crippen LogP contribution >= 0.6 is 11.6 Å². The Bertz CT molecular complexity index is 996. The van der Waals surface area contributed by atoms with Gasteiger partial charge in [-0.2, -0.15) is 0 Å². The normalized spacial score (nSPS) is 14.8. The summed E-state index contributed by atoms with van der Waals surface area (Å²) in [5.74, 6) is 0.549. The number of anilines is 2. The highest BCUT2D eigenvalue weighted by Crippen LogP contribution is 2.31. The topological polar surface area (TPSA) is 84.2 Å². The maximum atomic E-state index is 12.6. The summed E-state index contributed by atoms with van der Waals surface area (Å²) in [6.07, 6.45) is 0. The van der Waals surface area contributed by atoms with Gasteiger partial charge in [0.15, 0.2) is 0 Å². The van der Waals surface area contributed by atoms with Crippen LogP contribution in [0, 0.1) is 0 Å². The summed E-state index contributed by atoms with van der Waals surface area (Å²) >= 11 is 6.24. The van der Waals surface area contributed by atoms with Crippen LogP contribution in [0.1, 0.15) is 0 Å². The molecule has 0 spiro atoms. The fraction of sp³-hybridized carbons (Fsp3) is 0.222. The van der Waals surface area contributed by atoms with Crippen LogP contribution in [0.2, 0.25) is 5.02 Å². The highest BCUT2D eigenvalue weighted by atomic mass is 35.5. The van der Waals surface area contributed by atoms with E-state index in [-0.39, 0.29) is 5.56 Å². The zero-order chi connectivity index (χ0) is 17.4. The van der Waals surface area contributed by atoms with Crippen molar-refractivity contribution in [3.63, 3.8) is 0 Å². The van der Waals surface area contributed by atoms with Crippen molar-refractivity contribution in [2.75, 3.05) is 36.9 Å². The molecule has 0 atom stereocenters. The second-order valence-corrected chi connectivity index (χ2v) is 6.40. The molecule has 3 N–H and O–H groups in total. The minimum atomic E-state index is -0.209. The van der Waals surface area contributed by atoms with Crippen molar-refractivity contribution in [3.05, 3.63) is 51.8 Å². The number of ether oxygens (including phenoxy) is 1. The number of hydrogen-bond donors (Lipinski definition) is 2. The van der Waals surface area contributed by atoms with Crippen molar-refractivity contribution in [1.29, 1.82) is 0 Å². The number of nitrogens with one attached hydrogen (secondary N) is 1. The molecule has 2 aromatic carbocycles. The third-order valence-corrected chi connectivity index (χ3v) is 4.49. The third kappa shape index (κ3) is 3.06. The summed E-state index contributed by atoms with van der Waals surface area (Å²) in [6.45, 7) is 2.61. The second kappa shape index (κ2) is 6.38. The molecule has 1 aromatic heterocycles. The highest BCUT2D eigenvalue weighted by molar-refractivity contribution is 6.31. The van der Waals surface area contributed by atoms with E-state index in [1.807, 2.05) is 35.2 Å². The largest absolute Gasteiger partial charge is 0.399 e. The number of fused-ring (bicyclic) bond motifs is 1. The molecule has 25 heavy (non-hydrogen) atoms. The van der Waals surface area contributed by atoms with Gasteiger partial charge in [-0.25, -0.2) is 4.98 Å². The number of nitrogens with zero attached hydrogens (tertiary/aromatic N) is 2. The van der Waals surface area contributed by atoms with Gasteiger partial charge in [0.25, 0.3) is 5.56 Å². The van der Waals surface area contributed by atoms with E-state index in [0.29, 0.717) is 53.9 Å². The number of H-pyrrole nitrogens is 1. The second-order valence-electron chi connectivity index (χ2n) is 5.96. The van der Waals surface area contributed by atoms with Gasteiger partial charge in [0.05, 0.1) is 24.1 Å². The molecule has 0 radical (unpaired) electrons. The number of benzene rings is 2. The summed E-state index contributed by atoms with van der Waals surface area (Å²) in [7, 11) is 0. The summed E-state index contributed by atoms with van der Waals surface area (Å²) in [6, 6.07) is 10.9. The van der Waals surface area contributed by atoms with E-state index in [4.69, 9.17) is 27.1 Å². The van der Waals surface area contributed by atoms with Gasteiger partial charge in [-0.15, -0.1) is 0 Å². The van der Waals surface area contributed by atoms with E-state index in [2.05, 4.69) is 4.98 Å². The van der Waals surface area contributed by atoms with Gasteiger partial charge >= 0.3 is 0 Å². The molecule has 1 fully saturated rings. The van der Waals surface area contributed by atoms with Crippen molar-refractivity contribution in [2.45, 2.75) is 0 Å². The number of morpholine rings is 1. The van der Waals surface area contributed by atoms with Crippen molar-refractivity contribution < 1.29 is 4.74 Å². The first-order valence-corrected chi connectivity index (χ1v) is 8.42. The molecule has 7 heteroatoms. The molecular formula is C18H17ClN4O2. The Balaban J connectivity index is 1.95. The minimum Gasteiger partial charge on any atom is -0.399 e. The van der Waals surface area contributed by atoms with E-state index in [9.17, 15) is 4.79 Å². The van der Waals surface area contributed by atoms with Crippen LogP contribution in [0.15, 0.2) is 41.2 Å². The van der Waals surface area contributed by atoms with Crippen molar-refractivity contribution in [1.82, 2.24) is 9.97 Å². The quantitative estimate of drug-likeness (QED) is 0.690. The Morgan fingerprint density at radius 3 is 2.76 bits per heavy atom. The number of rotatable bonds is 2. The van der Waals surface area contributed by atoms with E-state index in [0.717, 1.165) is 11.1 Å². The fourth-order valence-corrected chi connectivity index (χ4v) is 3.26. The Kier molecular flexibility index (Phi) is 4.07. The summed E-state index contributed by atoms with van der Waals surface area (Å²) in [5, 5.41) is 0.943. The number of aromatic amines is 1. The van der Waals surface area contributed by atoms with E-state index in [1.54, 1.807) is 6.07 Å². The number of aromatic nitrogens is 2. The lowest BCUT2D eigenvalue weighted by Gasteiger charge is -2.27. The first kappa shape index (κ1) is 15.9. The molecular weight excluding hydrogens is 340 g/mol. The van der Waals surface area contributed by atoms with Gasteiger partial charge in [0.2, 0.25) is 5.95 Å². The molecule has 1 aliphatic rings. The van der Waals surface area contributed by atoms with E-state index < -0.39 is 0 Å². The lowest BCUT2D eigenvalue weighted by atomic mass is 10.0. The Labute approximate surface area is 149 Å². The van der Waals surface area contributed by atoms with Crippen LogP contribution in [0.5, 0.6) is 0 Å². The lowest BCUT2D eigenvalue weighted by Crippen LogP contribution is -2.38. The molecule has 0 aliphatic carbocycles. The Morgan fingerprint density at radius 1 is 1.20 bits per heavy atom. The maximum absolute atomic E-state index is 12.6. The molecule has 1 saturated heterocycles. The number of nitrogen functional groups attached to an aromatic ring is 1. The zero-order valence-corrected chi connectivity index (χ0v) is 14.2. The van der Waals surface area contributed by atoms with Crippen LogP contribution in [0.25, 0.3) is 22.0 Å². The zero-order valence-electron chi connectivity index (χ0n) is 13.5. The molecule has 0 saturated carbocycles. The molecule has 6 nitrogen and oxygen atoms in total. The minimum absolute atomic E-state index is 0.209. The van der Waals surface area contributed by atoms with Gasteiger partial charge in [-0.05, 0) is 29.8 Å². The van der Waals surface area contributed by atoms with Gasteiger partial charge in [0, 0.05) is 29.4 Å². The van der Waals surface area contributed by atoms with Gasteiger partial charge < -0.3 is 15.4 Å². The van der Waals surface area contributed by atoms with E-state index >= 15 is 0 Å². The van der Waals surface area contributed by atoms with Gasteiger partial charge in [0.1, 0.15) is 0 Å².